The Hall–Kier alpha value is -1.56. The first-order chi connectivity index (χ1) is 9.25. The van der Waals surface area contributed by atoms with E-state index in [9.17, 15) is 18.0 Å². The normalized spacial score (nSPS) is 11.8. The van der Waals surface area contributed by atoms with E-state index in [1.54, 1.807) is 7.05 Å². The van der Waals surface area contributed by atoms with Crippen molar-refractivity contribution in [1.29, 1.82) is 0 Å². The summed E-state index contributed by atoms with van der Waals surface area (Å²) < 4.78 is 44.3. The fourth-order valence-electron chi connectivity index (χ4n) is 1.73. The van der Waals surface area contributed by atoms with E-state index < -0.39 is 11.7 Å². The quantitative estimate of drug-likeness (QED) is 0.752. The zero-order valence-corrected chi connectivity index (χ0v) is 11.7. The third kappa shape index (κ3) is 4.52. The van der Waals surface area contributed by atoms with Gasteiger partial charge in [-0.2, -0.15) is 13.2 Å². The van der Waals surface area contributed by atoms with Crippen molar-refractivity contribution in [2.75, 3.05) is 25.1 Å². The zero-order chi connectivity index (χ0) is 15.3. The molecule has 1 aromatic carbocycles. The Morgan fingerprint density at radius 3 is 2.50 bits per heavy atom. The van der Waals surface area contributed by atoms with E-state index in [-0.39, 0.29) is 17.4 Å². The summed E-state index contributed by atoms with van der Waals surface area (Å²) in [5.74, 6) is 0. The SMILES string of the molecule is CC(C)OCCN(C)c1ccc(C=O)cc1C(F)(F)F. The van der Waals surface area contributed by atoms with Gasteiger partial charge in [0.15, 0.2) is 0 Å². The van der Waals surface area contributed by atoms with Crippen LogP contribution in [-0.4, -0.2) is 32.6 Å². The fraction of sp³-hybridized carbons (Fsp3) is 0.500. The second-order valence-electron chi connectivity index (χ2n) is 4.73. The molecule has 0 heterocycles. The highest BCUT2D eigenvalue weighted by atomic mass is 19.4. The zero-order valence-electron chi connectivity index (χ0n) is 11.7. The molecule has 0 atom stereocenters. The van der Waals surface area contributed by atoms with Gasteiger partial charge in [-0.1, -0.05) is 0 Å². The van der Waals surface area contributed by atoms with Crippen molar-refractivity contribution in [2.24, 2.45) is 0 Å². The van der Waals surface area contributed by atoms with Crippen LogP contribution in [0.2, 0.25) is 0 Å². The van der Waals surface area contributed by atoms with E-state index >= 15 is 0 Å². The molecule has 1 aromatic rings. The van der Waals surface area contributed by atoms with E-state index in [1.807, 2.05) is 13.8 Å². The first-order valence-corrected chi connectivity index (χ1v) is 6.25. The minimum absolute atomic E-state index is 0.00732. The van der Waals surface area contributed by atoms with E-state index in [2.05, 4.69) is 0 Å². The average molecular weight is 289 g/mol. The molecular formula is C14H18F3NO2. The van der Waals surface area contributed by atoms with Crippen LogP contribution in [0, 0.1) is 0 Å². The van der Waals surface area contributed by atoms with E-state index in [0.717, 1.165) is 6.07 Å². The molecule has 1 rings (SSSR count). The fourth-order valence-corrected chi connectivity index (χ4v) is 1.73. The highest BCUT2D eigenvalue weighted by Gasteiger charge is 2.34. The van der Waals surface area contributed by atoms with Crippen LogP contribution in [-0.2, 0) is 10.9 Å². The van der Waals surface area contributed by atoms with Crippen LogP contribution in [0.15, 0.2) is 18.2 Å². The summed E-state index contributed by atoms with van der Waals surface area (Å²) in [6, 6.07) is 3.54. The number of carbonyl (C=O) groups is 1. The number of alkyl halides is 3. The third-order valence-corrected chi connectivity index (χ3v) is 2.75. The molecule has 0 amide bonds. The van der Waals surface area contributed by atoms with Crippen LogP contribution < -0.4 is 4.90 Å². The van der Waals surface area contributed by atoms with Gasteiger partial charge >= 0.3 is 6.18 Å². The number of benzene rings is 1. The number of aldehydes is 1. The number of rotatable bonds is 6. The molecule has 112 valence electrons. The topological polar surface area (TPSA) is 29.5 Å². The molecule has 0 radical (unpaired) electrons. The second-order valence-corrected chi connectivity index (χ2v) is 4.73. The molecule has 6 heteroatoms. The molecule has 0 aliphatic carbocycles. The summed E-state index contributed by atoms with van der Waals surface area (Å²) in [7, 11) is 1.56. The van der Waals surface area contributed by atoms with Crippen molar-refractivity contribution in [3.05, 3.63) is 29.3 Å². The number of likely N-dealkylation sites (N-methyl/N-ethyl adjacent to an activating group) is 1. The average Bonchev–Trinajstić information content (AvgIpc) is 2.36. The number of hydrogen-bond acceptors (Lipinski definition) is 3. The van der Waals surface area contributed by atoms with Crippen LogP contribution in [0.4, 0.5) is 18.9 Å². The number of ether oxygens (including phenoxy) is 1. The molecule has 0 spiro atoms. The highest BCUT2D eigenvalue weighted by molar-refractivity contribution is 5.77. The summed E-state index contributed by atoms with van der Waals surface area (Å²) in [5, 5.41) is 0. The number of anilines is 1. The minimum Gasteiger partial charge on any atom is -0.377 e. The molecule has 0 N–H and O–H groups in total. The van der Waals surface area contributed by atoms with Gasteiger partial charge in [0, 0.05) is 24.8 Å². The summed E-state index contributed by atoms with van der Waals surface area (Å²) in [6.07, 6.45) is -4.06. The van der Waals surface area contributed by atoms with Gasteiger partial charge in [0.25, 0.3) is 0 Å². The lowest BCUT2D eigenvalue weighted by atomic mass is 10.1. The largest absolute Gasteiger partial charge is 0.418 e. The van der Waals surface area contributed by atoms with Crippen molar-refractivity contribution in [3.63, 3.8) is 0 Å². The van der Waals surface area contributed by atoms with Crippen LogP contribution in [0.3, 0.4) is 0 Å². The molecule has 0 aliphatic heterocycles. The molecule has 0 aliphatic rings. The van der Waals surface area contributed by atoms with Gasteiger partial charge < -0.3 is 9.64 Å². The Morgan fingerprint density at radius 2 is 2.00 bits per heavy atom. The second kappa shape index (κ2) is 6.74. The standard InChI is InChI=1S/C14H18F3NO2/c1-10(2)20-7-6-18(3)13-5-4-11(9-19)8-12(13)14(15,16)17/h4-5,8-10H,6-7H2,1-3H3. The predicted molar refractivity (Wildman–Crippen MR) is 71.2 cm³/mol. The third-order valence-electron chi connectivity index (χ3n) is 2.75. The molecule has 20 heavy (non-hydrogen) atoms. The van der Waals surface area contributed by atoms with Crippen molar-refractivity contribution in [2.45, 2.75) is 26.1 Å². The van der Waals surface area contributed by atoms with E-state index in [0.29, 0.717) is 19.4 Å². The summed E-state index contributed by atoms with van der Waals surface area (Å²) >= 11 is 0. The molecular weight excluding hydrogens is 271 g/mol. The maximum atomic E-state index is 13.0. The van der Waals surface area contributed by atoms with Gasteiger partial charge in [-0.3, -0.25) is 4.79 Å². The Morgan fingerprint density at radius 1 is 1.35 bits per heavy atom. The van der Waals surface area contributed by atoms with Crippen LogP contribution in [0.25, 0.3) is 0 Å². The lowest BCUT2D eigenvalue weighted by Gasteiger charge is -2.24. The van der Waals surface area contributed by atoms with Gasteiger partial charge in [0.05, 0.1) is 18.3 Å². The lowest BCUT2D eigenvalue weighted by Crippen LogP contribution is -2.26. The van der Waals surface area contributed by atoms with Crippen LogP contribution >= 0.6 is 0 Å². The summed E-state index contributed by atoms with van der Waals surface area (Å²) in [5.41, 5.74) is -0.766. The van der Waals surface area contributed by atoms with Gasteiger partial charge in [0.2, 0.25) is 0 Å². The van der Waals surface area contributed by atoms with Crippen molar-refractivity contribution >= 4 is 12.0 Å². The molecule has 0 fully saturated rings. The molecule has 3 nitrogen and oxygen atoms in total. The number of halogens is 3. The van der Waals surface area contributed by atoms with E-state index in [4.69, 9.17) is 4.74 Å². The number of carbonyl (C=O) groups excluding carboxylic acids is 1. The summed E-state index contributed by atoms with van der Waals surface area (Å²) in [4.78, 5) is 12.1. The van der Waals surface area contributed by atoms with Crippen molar-refractivity contribution in [1.82, 2.24) is 0 Å². The Labute approximate surface area is 116 Å². The molecule has 0 saturated heterocycles. The predicted octanol–water partition coefficient (Wildman–Crippen LogP) is 3.38. The van der Waals surface area contributed by atoms with Crippen molar-refractivity contribution < 1.29 is 22.7 Å². The Bertz CT molecular complexity index is 458. The number of hydrogen-bond donors (Lipinski definition) is 0. The van der Waals surface area contributed by atoms with Gasteiger partial charge in [0.1, 0.15) is 6.29 Å². The first-order valence-electron chi connectivity index (χ1n) is 6.25. The molecule has 0 saturated carbocycles. The summed E-state index contributed by atoms with van der Waals surface area (Å²) in [6.45, 7) is 4.39. The van der Waals surface area contributed by atoms with Crippen LogP contribution in [0.1, 0.15) is 29.8 Å². The van der Waals surface area contributed by atoms with Crippen LogP contribution in [0.5, 0.6) is 0 Å². The minimum atomic E-state index is -4.50. The highest BCUT2D eigenvalue weighted by Crippen LogP contribution is 2.36. The molecule has 0 unspecified atom stereocenters. The lowest BCUT2D eigenvalue weighted by molar-refractivity contribution is -0.137. The Kier molecular flexibility index (Phi) is 5.56. The Balaban J connectivity index is 2.95. The maximum absolute atomic E-state index is 13.0. The first kappa shape index (κ1) is 16.5. The van der Waals surface area contributed by atoms with Gasteiger partial charge in [-0.05, 0) is 32.0 Å². The van der Waals surface area contributed by atoms with E-state index in [1.165, 1.54) is 17.0 Å². The smallest absolute Gasteiger partial charge is 0.377 e. The van der Waals surface area contributed by atoms with Gasteiger partial charge in [-0.15, -0.1) is 0 Å². The number of nitrogens with zero attached hydrogens (tertiary/aromatic N) is 1. The van der Waals surface area contributed by atoms with Gasteiger partial charge in [-0.25, -0.2) is 0 Å². The molecule has 0 bridgehead atoms. The maximum Gasteiger partial charge on any atom is 0.418 e. The van der Waals surface area contributed by atoms with Crippen molar-refractivity contribution in [3.8, 4) is 0 Å². The molecule has 0 aromatic heterocycles. The monoisotopic (exact) mass is 289 g/mol.